The third kappa shape index (κ3) is 4.36. The maximum atomic E-state index is 13.8. The fourth-order valence-corrected chi connectivity index (χ4v) is 5.36. The smallest absolute Gasteiger partial charge is 0.416 e. The number of anilines is 2. The molecular formula is C28H28F3N3O2. The Hall–Kier alpha value is -3.68. The molecule has 3 aromatic rings. The first-order valence-electron chi connectivity index (χ1n) is 12.0. The molecule has 1 atom stereocenters. The molecule has 0 bridgehead atoms. The summed E-state index contributed by atoms with van der Waals surface area (Å²) in [7, 11) is 1.65. The van der Waals surface area contributed by atoms with Gasteiger partial charge in [-0.05, 0) is 48.2 Å². The molecular weight excluding hydrogens is 467 g/mol. The van der Waals surface area contributed by atoms with Crippen molar-refractivity contribution in [2.24, 2.45) is 0 Å². The van der Waals surface area contributed by atoms with Gasteiger partial charge in [-0.15, -0.1) is 0 Å². The lowest BCUT2D eigenvalue weighted by atomic mass is 10.0. The molecule has 0 aliphatic carbocycles. The lowest BCUT2D eigenvalue weighted by Crippen LogP contribution is -2.52. The zero-order valence-corrected chi connectivity index (χ0v) is 20.3. The molecule has 5 rings (SSSR count). The summed E-state index contributed by atoms with van der Waals surface area (Å²) in [6, 6.07) is 18.5. The molecule has 2 amide bonds. The monoisotopic (exact) mass is 495 g/mol. The van der Waals surface area contributed by atoms with Gasteiger partial charge in [0.05, 0.1) is 36.6 Å². The standard InChI is InChI=1S/C28H28F3N3O2/c1-19-8-7-13-25(36-2)26(19)32-15-14-22(18-32)33-17-21-10-4-6-12-24(21)34(27(33)35)16-20-9-3-5-11-23(20)28(29,30)31/h3-13,22H,14-18H2,1-2H3. The maximum absolute atomic E-state index is 13.8. The van der Waals surface area contributed by atoms with Crippen molar-refractivity contribution in [3.05, 3.63) is 89.0 Å². The van der Waals surface area contributed by atoms with E-state index in [-0.39, 0.29) is 24.2 Å². The van der Waals surface area contributed by atoms with Gasteiger partial charge in [0, 0.05) is 19.6 Å². The summed E-state index contributed by atoms with van der Waals surface area (Å²) in [6.45, 7) is 3.70. The van der Waals surface area contributed by atoms with E-state index in [1.807, 2.05) is 48.2 Å². The van der Waals surface area contributed by atoms with Crippen LogP contribution in [0, 0.1) is 6.92 Å². The van der Waals surface area contributed by atoms with E-state index >= 15 is 0 Å². The number of carbonyl (C=O) groups is 1. The Labute approximate surface area is 208 Å². The SMILES string of the molecule is COc1cccc(C)c1N1CCC(N2Cc3ccccc3N(Cc3ccccc3C(F)(F)F)C2=O)C1. The van der Waals surface area contributed by atoms with Crippen molar-refractivity contribution in [2.45, 2.75) is 38.7 Å². The Balaban J connectivity index is 1.45. The number of halogens is 3. The summed E-state index contributed by atoms with van der Waals surface area (Å²) in [5, 5.41) is 0. The summed E-state index contributed by atoms with van der Waals surface area (Å²) in [6.07, 6.45) is -3.73. The highest BCUT2D eigenvalue weighted by molar-refractivity contribution is 5.95. The molecule has 3 aromatic carbocycles. The van der Waals surface area contributed by atoms with Gasteiger partial charge in [-0.3, -0.25) is 4.90 Å². The molecule has 5 nitrogen and oxygen atoms in total. The van der Waals surface area contributed by atoms with Crippen LogP contribution in [0.4, 0.5) is 29.3 Å². The van der Waals surface area contributed by atoms with Gasteiger partial charge in [0.25, 0.3) is 0 Å². The molecule has 1 unspecified atom stereocenters. The minimum atomic E-state index is -4.49. The van der Waals surface area contributed by atoms with Gasteiger partial charge >= 0.3 is 12.2 Å². The van der Waals surface area contributed by atoms with E-state index in [9.17, 15) is 18.0 Å². The molecule has 1 saturated heterocycles. The molecule has 1 fully saturated rings. The van der Waals surface area contributed by atoms with Gasteiger partial charge in [0.1, 0.15) is 5.75 Å². The molecule has 2 heterocycles. The number of benzene rings is 3. The third-order valence-electron chi connectivity index (χ3n) is 7.09. The zero-order valence-electron chi connectivity index (χ0n) is 20.3. The van der Waals surface area contributed by atoms with Crippen molar-refractivity contribution in [3.63, 3.8) is 0 Å². The molecule has 0 spiro atoms. The molecule has 0 radical (unpaired) electrons. The van der Waals surface area contributed by atoms with Gasteiger partial charge in [-0.2, -0.15) is 13.2 Å². The number of ether oxygens (including phenoxy) is 1. The van der Waals surface area contributed by atoms with Gasteiger partial charge in [-0.25, -0.2) is 4.79 Å². The first-order chi connectivity index (χ1) is 17.3. The number of urea groups is 1. The number of alkyl halides is 3. The molecule has 2 aliphatic rings. The summed E-state index contributed by atoms with van der Waals surface area (Å²) < 4.78 is 46.6. The van der Waals surface area contributed by atoms with Crippen molar-refractivity contribution < 1.29 is 22.7 Å². The number of amides is 2. The molecule has 0 aromatic heterocycles. The second-order valence-electron chi connectivity index (χ2n) is 9.29. The average Bonchev–Trinajstić information content (AvgIpc) is 3.34. The van der Waals surface area contributed by atoms with E-state index in [0.29, 0.717) is 18.8 Å². The average molecular weight is 496 g/mol. The van der Waals surface area contributed by atoms with Crippen molar-refractivity contribution in [3.8, 4) is 5.75 Å². The van der Waals surface area contributed by atoms with Crippen LogP contribution in [0.3, 0.4) is 0 Å². The van der Waals surface area contributed by atoms with Crippen molar-refractivity contribution >= 4 is 17.4 Å². The quantitative estimate of drug-likeness (QED) is 0.420. The molecule has 0 N–H and O–H groups in total. The summed E-state index contributed by atoms with van der Waals surface area (Å²) in [5.41, 5.74) is 3.05. The number of hydrogen-bond donors (Lipinski definition) is 0. The Bertz CT molecular complexity index is 1280. The van der Waals surface area contributed by atoms with Crippen LogP contribution in [-0.4, -0.2) is 37.2 Å². The molecule has 188 valence electrons. The van der Waals surface area contributed by atoms with Gasteiger partial charge in [-0.1, -0.05) is 48.5 Å². The van der Waals surface area contributed by atoms with Crippen LogP contribution in [0.25, 0.3) is 0 Å². The normalized spacial score (nSPS) is 18.0. The summed E-state index contributed by atoms with van der Waals surface area (Å²) in [4.78, 5) is 19.3. The minimum Gasteiger partial charge on any atom is -0.495 e. The van der Waals surface area contributed by atoms with Crippen LogP contribution in [0.1, 0.15) is 28.7 Å². The Morgan fingerprint density at radius 2 is 1.75 bits per heavy atom. The maximum Gasteiger partial charge on any atom is 0.416 e. The topological polar surface area (TPSA) is 36.0 Å². The number of para-hydroxylation sites is 2. The van der Waals surface area contributed by atoms with Crippen molar-refractivity contribution in [1.82, 2.24) is 4.90 Å². The fraction of sp³-hybridized carbons (Fsp3) is 0.321. The van der Waals surface area contributed by atoms with E-state index in [1.54, 1.807) is 19.2 Å². The van der Waals surface area contributed by atoms with E-state index in [2.05, 4.69) is 4.90 Å². The Morgan fingerprint density at radius 1 is 1.00 bits per heavy atom. The van der Waals surface area contributed by atoms with Crippen molar-refractivity contribution in [1.29, 1.82) is 0 Å². The number of carbonyl (C=O) groups excluding carboxylic acids is 1. The number of hydrogen-bond acceptors (Lipinski definition) is 3. The van der Waals surface area contributed by atoms with Crippen LogP contribution in [-0.2, 0) is 19.3 Å². The van der Waals surface area contributed by atoms with E-state index in [0.717, 1.165) is 41.6 Å². The number of methoxy groups -OCH3 is 1. The number of rotatable bonds is 5. The zero-order chi connectivity index (χ0) is 25.4. The van der Waals surface area contributed by atoms with Crippen LogP contribution in [0.15, 0.2) is 66.7 Å². The highest BCUT2D eigenvalue weighted by Crippen LogP contribution is 2.38. The third-order valence-corrected chi connectivity index (χ3v) is 7.09. The van der Waals surface area contributed by atoms with Crippen LogP contribution in [0.5, 0.6) is 5.75 Å². The number of nitrogens with zero attached hydrogens (tertiary/aromatic N) is 3. The number of aryl methyl sites for hydroxylation is 1. The van der Waals surface area contributed by atoms with Crippen LogP contribution in [0.2, 0.25) is 0 Å². The summed E-state index contributed by atoms with van der Waals surface area (Å²) >= 11 is 0. The predicted molar refractivity (Wildman–Crippen MR) is 133 cm³/mol. The largest absolute Gasteiger partial charge is 0.495 e. The molecule has 0 saturated carbocycles. The second-order valence-corrected chi connectivity index (χ2v) is 9.29. The van der Waals surface area contributed by atoms with E-state index in [4.69, 9.17) is 4.74 Å². The minimum absolute atomic E-state index is 0.0736. The van der Waals surface area contributed by atoms with E-state index in [1.165, 1.54) is 17.0 Å². The second kappa shape index (κ2) is 9.41. The van der Waals surface area contributed by atoms with Crippen LogP contribution < -0.4 is 14.5 Å². The lowest BCUT2D eigenvalue weighted by Gasteiger charge is -2.40. The molecule has 36 heavy (non-hydrogen) atoms. The summed E-state index contributed by atoms with van der Waals surface area (Å²) in [5.74, 6) is 0.788. The fourth-order valence-electron chi connectivity index (χ4n) is 5.36. The highest BCUT2D eigenvalue weighted by atomic mass is 19.4. The van der Waals surface area contributed by atoms with Gasteiger partial charge in [0.15, 0.2) is 0 Å². The Morgan fingerprint density at radius 3 is 2.53 bits per heavy atom. The van der Waals surface area contributed by atoms with Crippen molar-refractivity contribution in [2.75, 3.05) is 30.0 Å². The van der Waals surface area contributed by atoms with Crippen LogP contribution >= 0.6 is 0 Å². The lowest BCUT2D eigenvalue weighted by molar-refractivity contribution is -0.138. The predicted octanol–water partition coefficient (Wildman–Crippen LogP) is 6.24. The molecule has 8 heteroatoms. The first-order valence-corrected chi connectivity index (χ1v) is 12.0. The molecule has 2 aliphatic heterocycles. The first kappa shape index (κ1) is 24.0. The van der Waals surface area contributed by atoms with Gasteiger partial charge in [0.2, 0.25) is 0 Å². The Kier molecular flexibility index (Phi) is 6.28. The van der Waals surface area contributed by atoms with E-state index < -0.39 is 11.7 Å². The number of fused-ring (bicyclic) bond motifs is 1. The van der Waals surface area contributed by atoms with Gasteiger partial charge < -0.3 is 14.5 Å². The highest BCUT2D eigenvalue weighted by Gasteiger charge is 2.40.